The van der Waals surface area contributed by atoms with Crippen molar-refractivity contribution in [2.45, 2.75) is 58.7 Å². The fraction of sp³-hybridized carbons (Fsp3) is 0.355. The molecule has 0 aliphatic carbocycles. The van der Waals surface area contributed by atoms with Gasteiger partial charge in [-0.2, -0.15) is 0 Å². The molecule has 0 aliphatic rings. The van der Waals surface area contributed by atoms with Gasteiger partial charge in [-0.3, -0.25) is 9.59 Å². The lowest BCUT2D eigenvalue weighted by Gasteiger charge is -2.32. The molecule has 3 aromatic rings. The van der Waals surface area contributed by atoms with Crippen LogP contribution in [-0.4, -0.2) is 42.5 Å². The second-order valence-electron chi connectivity index (χ2n) is 9.44. The largest absolute Gasteiger partial charge is 0.497 e. The summed E-state index contributed by atoms with van der Waals surface area (Å²) in [5, 5.41) is 3.03. The van der Waals surface area contributed by atoms with Gasteiger partial charge in [-0.15, -0.1) is 0 Å². The molecule has 37 heavy (non-hydrogen) atoms. The van der Waals surface area contributed by atoms with Crippen LogP contribution in [0.15, 0.2) is 78.9 Å². The molecule has 0 unspecified atom stereocenters. The van der Waals surface area contributed by atoms with E-state index in [0.29, 0.717) is 26.0 Å². The number of hydrogen-bond acceptors (Lipinski definition) is 4. The molecule has 0 spiro atoms. The van der Waals surface area contributed by atoms with E-state index in [9.17, 15) is 9.59 Å². The molecule has 0 aliphatic heterocycles. The zero-order valence-electron chi connectivity index (χ0n) is 22.3. The number of nitrogens with one attached hydrogen (secondary N) is 1. The van der Waals surface area contributed by atoms with Gasteiger partial charge in [-0.05, 0) is 68.1 Å². The Bertz CT molecular complexity index is 1130. The molecular formula is C31H38N2O4. The van der Waals surface area contributed by atoms with Gasteiger partial charge in [0.2, 0.25) is 11.8 Å². The summed E-state index contributed by atoms with van der Waals surface area (Å²) in [6.45, 7) is 6.66. The molecule has 0 heterocycles. The second kappa shape index (κ2) is 14.1. The van der Waals surface area contributed by atoms with Gasteiger partial charge in [0.15, 0.2) is 0 Å². The number of amides is 2. The molecule has 3 rings (SSSR count). The van der Waals surface area contributed by atoms with E-state index in [1.807, 2.05) is 99.6 Å². The maximum Gasteiger partial charge on any atom is 0.243 e. The number of nitrogens with zero attached hydrogens (tertiary/aromatic N) is 1. The lowest BCUT2D eigenvalue weighted by atomic mass is 10.0. The van der Waals surface area contributed by atoms with Crippen molar-refractivity contribution >= 4 is 11.8 Å². The first-order valence-electron chi connectivity index (χ1n) is 12.8. The highest BCUT2D eigenvalue weighted by Gasteiger charge is 2.30. The van der Waals surface area contributed by atoms with E-state index in [2.05, 4.69) is 5.32 Å². The third-order valence-electron chi connectivity index (χ3n) is 6.17. The summed E-state index contributed by atoms with van der Waals surface area (Å²) in [4.78, 5) is 28.8. The summed E-state index contributed by atoms with van der Waals surface area (Å²) in [6.07, 6.45) is 1.26. The van der Waals surface area contributed by atoms with Crippen molar-refractivity contribution in [1.29, 1.82) is 0 Å². The maximum atomic E-state index is 13.6. The minimum absolute atomic E-state index is 0.0286. The first-order chi connectivity index (χ1) is 17.9. The van der Waals surface area contributed by atoms with Gasteiger partial charge < -0.3 is 19.7 Å². The number of aryl methyl sites for hydroxylation is 1. The van der Waals surface area contributed by atoms with E-state index in [0.717, 1.165) is 28.2 Å². The molecule has 6 heteroatoms. The molecule has 1 N–H and O–H groups in total. The van der Waals surface area contributed by atoms with E-state index in [4.69, 9.17) is 9.47 Å². The summed E-state index contributed by atoms with van der Waals surface area (Å²) in [6, 6.07) is 24.6. The molecule has 0 saturated carbocycles. The highest BCUT2D eigenvalue weighted by Crippen LogP contribution is 2.20. The molecule has 0 saturated heterocycles. The third-order valence-corrected chi connectivity index (χ3v) is 6.17. The zero-order valence-corrected chi connectivity index (χ0v) is 22.3. The van der Waals surface area contributed by atoms with Crippen molar-refractivity contribution in [2.24, 2.45) is 0 Å². The van der Waals surface area contributed by atoms with E-state index in [-0.39, 0.29) is 24.3 Å². The fourth-order valence-corrected chi connectivity index (χ4v) is 4.13. The molecule has 196 valence electrons. The molecule has 0 fully saturated rings. The molecule has 0 aromatic heterocycles. The first kappa shape index (κ1) is 27.8. The van der Waals surface area contributed by atoms with Crippen molar-refractivity contribution in [3.05, 3.63) is 95.6 Å². The normalized spacial score (nSPS) is 11.6. The summed E-state index contributed by atoms with van der Waals surface area (Å²) in [5.41, 5.74) is 3.13. The predicted octanol–water partition coefficient (Wildman–Crippen LogP) is 5.33. The van der Waals surface area contributed by atoms with E-state index < -0.39 is 6.04 Å². The summed E-state index contributed by atoms with van der Waals surface area (Å²) in [5.74, 6) is 1.28. The van der Waals surface area contributed by atoms with Crippen LogP contribution in [0.4, 0.5) is 0 Å². The lowest BCUT2D eigenvalue weighted by molar-refractivity contribution is -0.141. The highest BCUT2D eigenvalue weighted by atomic mass is 16.5. The number of carbonyl (C=O) groups is 2. The van der Waals surface area contributed by atoms with Gasteiger partial charge in [0.25, 0.3) is 0 Å². The Balaban J connectivity index is 1.77. The Morgan fingerprint density at radius 1 is 0.892 bits per heavy atom. The van der Waals surface area contributed by atoms with Crippen molar-refractivity contribution in [3.8, 4) is 11.5 Å². The topological polar surface area (TPSA) is 67.9 Å². The molecule has 6 nitrogen and oxygen atoms in total. The standard InChI is InChI=1S/C31H38N2O4/c1-23(2)32-31(35)29(21-25-12-6-5-7-13-25)33(22-26-14-9-8-11-24(26)3)30(34)15-10-20-37-28-18-16-27(36-4)17-19-28/h5-9,11-14,16-19,23,29H,10,15,20-22H2,1-4H3,(H,32,35)/t29-/m0/s1. The molecule has 3 aromatic carbocycles. The quantitative estimate of drug-likeness (QED) is 0.321. The van der Waals surface area contributed by atoms with Gasteiger partial charge >= 0.3 is 0 Å². The molecule has 0 bridgehead atoms. The predicted molar refractivity (Wildman–Crippen MR) is 147 cm³/mol. The fourth-order valence-electron chi connectivity index (χ4n) is 4.13. The minimum Gasteiger partial charge on any atom is -0.497 e. The van der Waals surface area contributed by atoms with Crippen LogP contribution in [0.1, 0.15) is 43.4 Å². The number of rotatable bonds is 13. The van der Waals surface area contributed by atoms with Gasteiger partial charge in [-0.25, -0.2) is 0 Å². The zero-order chi connectivity index (χ0) is 26.6. The average Bonchev–Trinajstić information content (AvgIpc) is 2.90. The summed E-state index contributed by atoms with van der Waals surface area (Å²) >= 11 is 0. The first-order valence-corrected chi connectivity index (χ1v) is 12.8. The maximum absolute atomic E-state index is 13.6. The van der Waals surface area contributed by atoms with Crippen molar-refractivity contribution in [2.75, 3.05) is 13.7 Å². The number of methoxy groups -OCH3 is 1. The van der Waals surface area contributed by atoms with Crippen molar-refractivity contribution in [1.82, 2.24) is 10.2 Å². The van der Waals surface area contributed by atoms with Crippen LogP contribution < -0.4 is 14.8 Å². The number of benzene rings is 3. The Morgan fingerprint density at radius 3 is 2.19 bits per heavy atom. The van der Waals surface area contributed by atoms with Crippen LogP contribution >= 0.6 is 0 Å². The van der Waals surface area contributed by atoms with E-state index >= 15 is 0 Å². The number of carbonyl (C=O) groups excluding carboxylic acids is 2. The Labute approximate surface area is 220 Å². The van der Waals surface area contributed by atoms with Crippen LogP contribution in [0.2, 0.25) is 0 Å². The van der Waals surface area contributed by atoms with Gasteiger partial charge in [0.05, 0.1) is 13.7 Å². The summed E-state index contributed by atoms with van der Waals surface area (Å²) < 4.78 is 11.0. The second-order valence-corrected chi connectivity index (χ2v) is 9.44. The highest BCUT2D eigenvalue weighted by molar-refractivity contribution is 5.88. The Hall–Kier alpha value is -3.80. The lowest BCUT2D eigenvalue weighted by Crippen LogP contribution is -2.51. The van der Waals surface area contributed by atoms with Crippen LogP contribution in [0.25, 0.3) is 0 Å². The molecular weight excluding hydrogens is 464 g/mol. The Morgan fingerprint density at radius 2 is 1.54 bits per heavy atom. The van der Waals surface area contributed by atoms with E-state index in [1.165, 1.54) is 0 Å². The van der Waals surface area contributed by atoms with Gasteiger partial charge in [-0.1, -0.05) is 54.6 Å². The summed E-state index contributed by atoms with van der Waals surface area (Å²) in [7, 11) is 1.62. The van der Waals surface area contributed by atoms with Gasteiger partial charge in [0, 0.05) is 25.4 Å². The van der Waals surface area contributed by atoms with E-state index in [1.54, 1.807) is 12.0 Å². The van der Waals surface area contributed by atoms with Crippen LogP contribution in [0, 0.1) is 6.92 Å². The minimum atomic E-state index is -0.626. The molecule has 1 atom stereocenters. The van der Waals surface area contributed by atoms with Crippen LogP contribution in [0.5, 0.6) is 11.5 Å². The molecule has 2 amide bonds. The monoisotopic (exact) mass is 502 g/mol. The third kappa shape index (κ3) is 8.67. The molecule has 0 radical (unpaired) electrons. The SMILES string of the molecule is COc1ccc(OCCCC(=O)N(Cc2ccccc2C)[C@@H](Cc2ccccc2)C(=O)NC(C)C)cc1. The van der Waals surface area contributed by atoms with Crippen molar-refractivity contribution in [3.63, 3.8) is 0 Å². The number of ether oxygens (including phenoxy) is 2. The smallest absolute Gasteiger partial charge is 0.243 e. The Kier molecular flexibility index (Phi) is 10.6. The average molecular weight is 503 g/mol. The number of hydrogen-bond donors (Lipinski definition) is 1. The van der Waals surface area contributed by atoms with Crippen LogP contribution in [-0.2, 0) is 22.6 Å². The van der Waals surface area contributed by atoms with Crippen LogP contribution in [0.3, 0.4) is 0 Å². The van der Waals surface area contributed by atoms with Gasteiger partial charge in [0.1, 0.15) is 17.5 Å². The van der Waals surface area contributed by atoms with Crippen molar-refractivity contribution < 1.29 is 19.1 Å².